The number of esters is 2. The molecule has 8 nitrogen and oxygen atoms in total. The molecule has 0 rings (SSSR count). The Labute approximate surface area is 289 Å². The number of likely N-dealkylation sites (N-methyl/N-ethyl adjacent to an activating group) is 1. The number of aliphatic carboxylic acids is 1. The van der Waals surface area contributed by atoms with Gasteiger partial charge in [-0.25, -0.2) is 0 Å². The number of hydrogen-bond acceptors (Lipinski definition) is 7. The zero-order valence-electron chi connectivity index (χ0n) is 31.2. The lowest BCUT2D eigenvalue weighted by Gasteiger charge is -2.34. The Hall–Kier alpha value is -1.93. The summed E-state index contributed by atoms with van der Waals surface area (Å²) in [5.74, 6) is -1.75. The van der Waals surface area contributed by atoms with E-state index in [2.05, 4.69) is 26.0 Å². The molecule has 0 aromatic rings. The second-order valence-electron chi connectivity index (χ2n) is 14.2. The largest absolute Gasteiger partial charge is 0.544 e. The second kappa shape index (κ2) is 31.3. The highest BCUT2D eigenvalue weighted by Crippen LogP contribution is 2.14. The molecule has 0 aliphatic carbocycles. The van der Waals surface area contributed by atoms with E-state index in [1.807, 2.05) is 0 Å². The fourth-order valence-electron chi connectivity index (χ4n) is 5.59. The van der Waals surface area contributed by atoms with Gasteiger partial charge in [0.25, 0.3) is 0 Å². The van der Waals surface area contributed by atoms with Gasteiger partial charge in [-0.3, -0.25) is 9.59 Å². The van der Waals surface area contributed by atoms with Crippen molar-refractivity contribution in [2.45, 2.75) is 180 Å². The molecule has 47 heavy (non-hydrogen) atoms. The first-order valence-electron chi connectivity index (χ1n) is 19.2. The summed E-state index contributed by atoms with van der Waals surface area (Å²) in [6.45, 7) is 4.53. The van der Waals surface area contributed by atoms with E-state index < -0.39 is 18.1 Å². The van der Waals surface area contributed by atoms with E-state index in [-0.39, 0.29) is 42.7 Å². The van der Waals surface area contributed by atoms with Gasteiger partial charge in [-0.2, -0.15) is 0 Å². The average molecular weight is 668 g/mol. The van der Waals surface area contributed by atoms with Gasteiger partial charge in [0, 0.05) is 19.3 Å². The first kappa shape index (κ1) is 45.1. The maximum Gasteiger partial charge on any atom is 0.306 e. The number of ether oxygens (including phenoxy) is 3. The molecule has 0 amide bonds. The zero-order valence-corrected chi connectivity index (χ0v) is 31.2. The minimum atomic E-state index is -1.13. The van der Waals surface area contributed by atoms with Crippen LogP contribution in [0, 0.1) is 0 Å². The van der Waals surface area contributed by atoms with Crippen LogP contribution < -0.4 is 5.11 Å². The molecule has 0 spiro atoms. The third kappa shape index (κ3) is 29.9. The maximum absolute atomic E-state index is 12.6. The van der Waals surface area contributed by atoms with Crippen LogP contribution >= 0.6 is 0 Å². The smallest absolute Gasteiger partial charge is 0.306 e. The summed E-state index contributed by atoms with van der Waals surface area (Å²) in [5, 5.41) is 11.5. The molecule has 0 aromatic heterocycles. The number of carbonyl (C=O) groups is 3. The first-order valence-corrected chi connectivity index (χ1v) is 19.2. The molecule has 0 saturated heterocycles. The Balaban J connectivity index is 4.16. The van der Waals surface area contributed by atoms with Crippen LogP contribution in [0.15, 0.2) is 12.2 Å². The molecular weight excluding hydrogens is 594 g/mol. The lowest BCUT2D eigenvalue weighted by molar-refractivity contribution is -0.889. The van der Waals surface area contributed by atoms with E-state index in [0.29, 0.717) is 12.8 Å². The highest BCUT2D eigenvalue weighted by atomic mass is 16.6. The second-order valence-corrected chi connectivity index (χ2v) is 14.2. The monoisotopic (exact) mass is 668 g/mol. The Morgan fingerprint density at radius 2 is 1.06 bits per heavy atom. The topological polar surface area (TPSA) is 102 Å². The molecule has 8 heteroatoms. The molecule has 0 aromatic carbocycles. The molecule has 0 saturated carbocycles. The summed E-state index contributed by atoms with van der Waals surface area (Å²) in [7, 11) is 5.39. The van der Waals surface area contributed by atoms with Gasteiger partial charge >= 0.3 is 11.9 Å². The summed E-state index contributed by atoms with van der Waals surface area (Å²) in [5.41, 5.74) is 0. The van der Waals surface area contributed by atoms with Crippen LogP contribution in [-0.4, -0.2) is 75.5 Å². The molecule has 0 heterocycles. The van der Waals surface area contributed by atoms with Crippen molar-refractivity contribution in [1.82, 2.24) is 0 Å². The molecule has 0 aliphatic heterocycles. The Morgan fingerprint density at radius 3 is 1.55 bits per heavy atom. The number of nitrogens with zero attached hydrogens (tertiary/aromatic N) is 1. The third-order valence-corrected chi connectivity index (χ3v) is 8.65. The van der Waals surface area contributed by atoms with E-state index in [0.717, 1.165) is 44.9 Å². The van der Waals surface area contributed by atoms with E-state index in [9.17, 15) is 19.5 Å². The standard InChI is InChI=1S/C39H73NO7/c1-6-8-10-12-13-14-15-16-17-18-19-20-21-22-23-24-25-26-28-30-38(42)47-35(34-46-37(41)29-27-11-9-7-2)33-45-32-31-36(39(43)44)40(3,4)5/h16-17,35-36H,6-15,18-34H2,1-5H3/b17-16-. The van der Waals surface area contributed by atoms with Crippen molar-refractivity contribution >= 4 is 17.9 Å². The summed E-state index contributed by atoms with van der Waals surface area (Å²) in [6.07, 6.45) is 30.0. The number of rotatable bonds is 34. The quantitative estimate of drug-likeness (QED) is 0.0295. The van der Waals surface area contributed by atoms with Crippen molar-refractivity contribution in [2.75, 3.05) is 41.0 Å². The van der Waals surface area contributed by atoms with Gasteiger partial charge in [0.05, 0.1) is 40.3 Å². The van der Waals surface area contributed by atoms with E-state index in [4.69, 9.17) is 14.2 Å². The van der Waals surface area contributed by atoms with Gasteiger partial charge in [-0.15, -0.1) is 0 Å². The number of carboxylic acids is 1. The van der Waals surface area contributed by atoms with Gasteiger partial charge in [0.2, 0.25) is 0 Å². The minimum Gasteiger partial charge on any atom is -0.544 e. The molecule has 0 fully saturated rings. The lowest BCUT2D eigenvalue weighted by Crippen LogP contribution is -2.55. The molecule has 276 valence electrons. The van der Waals surface area contributed by atoms with Crippen molar-refractivity contribution in [1.29, 1.82) is 0 Å². The van der Waals surface area contributed by atoms with Crippen molar-refractivity contribution in [3.63, 3.8) is 0 Å². The molecule has 0 radical (unpaired) electrons. The third-order valence-electron chi connectivity index (χ3n) is 8.65. The van der Waals surface area contributed by atoms with Crippen LogP contribution in [0.2, 0.25) is 0 Å². The summed E-state index contributed by atoms with van der Waals surface area (Å²) >= 11 is 0. The molecule has 2 atom stereocenters. The van der Waals surface area contributed by atoms with Crippen LogP contribution in [-0.2, 0) is 28.6 Å². The summed E-state index contributed by atoms with van der Waals surface area (Å²) < 4.78 is 16.9. The Morgan fingerprint density at radius 1 is 0.617 bits per heavy atom. The van der Waals surface area contributed by atoms with Crippen LogP contribution in [0.5, 0.6) is 0 Å². The predicted molar refractivity (Wildman–Crippen MR) is 190 cm³/mol. The summed E-state index contributed by atoms with van der Waals surface area (Å²) in [4.78, 5) is 36.3. The zero-order chi connectivity index (χ0) is 35.0. The first-order chi connectivity index (χ1) is 22.6. The minimum absolute atomic E-state index is 0.0429. The van der Waals surface area contributed by atoms with Gasteiger partial charge in [-0.1, -0.05) is 122 Å². The van der Waals surface area contributed by atoms with Crippen molar-refractivity contribution < 1.29 is 38.2 Å². The number of hydrogen-bond donors (Lipinski definition) is 0. The molecule has 0 bridgehead atoms. The maximum atomic E-state index is 12.6. The number of allylic oxidation sites excluding steroid dienone is 2. The molecule has 2 unspecified atom stereocenters. The fourth-order valence-corrected chi connectivity index (χ4v) is 5.59. The van der Waals surface area contributed by atoms with E-state index in [1.54, 1.807) is 21.1 Å². The number of unbranched alkanes of at least 4 members (excludes halogenated alkanes) is 18. The summed E-state index contributed by atoms with van der Waals surface area (Å²) in [6, 6.07) is -0.719. The lowest BCUT2D eigenvalue weighted by atomic mass is 10.1. The van der Waals surface area contributed by atoms with Crippen molar-refractivity contribution in [3.8, 4) is 0 Å². The normalized spacial score (nSPS) is 13.1. The van der Waals surface area contributed by atoms with Gasteiger partial charge in [-0.05, 0) is 38.5 Å². The van der Waals surface area contributed by atoms with Crippen molar-refractivity contribution in [3.05, 3.63) is 12.2 Å². The molecular formula is C39H73NO7. The van der Waals surface area contributed by atoms with E-state index in [1.165, 1.54) is 89.9 Å². The van der Waals surface area contributed by atoms with Gasteiger partial charge in [0.15, 0.2) is 6.10 Å². The molecule has 0 N–H and O–H groups in total. The van der Waals surface area contributed by atoms with Gasteiger partial charge < -0.3 is 28.6 Å². The predicted octanol–water partition coefficient (Wildman–Crippen LogP) is 8.24. The number of carbonyl (C=O) groups excluding carboxylic acids is 3. The van der Waals surface area contributed by atoms with Crippen LogP contribution in [0.4, 0.5) is 0 Å². The Kier molecular flexibility index (Phi) is 30.1. The SMILES string of the molecule is CCCCCCCC/C=C\CCCCCCCCCCCC(=O)OC(COCCC(C(=O)[O-])[N+](C)(C)C)COC(=O)CCCCCC. The fraction of sp³-hybridized carbons (Fsp3) is 0.872. The highest BCUT2D eigenvalue weighted by Gasteiger charge is 2.25. The number of quaternary nitrogens is 1. The van der Waals surface area contributed by atoms with Crippen LogP contribution in [0.3, 0.4) is 0 Å². The Bertz CT molecular complexity index is 793. The van der Waals surface area contributed by atoms with Crippen LogP contribution in [0.1, 0.15) is 168 Å². The average Bonchev–Trinajstić information content (AvgIpc) is 3.02. The highest BCUT2D eigenvalue weighted by molar-refractivity contribution is 5.70. The van der Waals surface area contributed by atoms with Gasteiger partial charge in [0.1, 0.15) is 12.6 Å². The van der Waals surface area contributed by atoms with E-state index >= 15 is 0 Å². The molecule has 0 aliphatic rings. The number of carboxylic acid groups (broad SMARTS) is 1. The van der Waals surface area contributed by atoms with Crippen LogP contribution in [0.25, 0.3) is 0 Å². The van der Waals surface area contributed by atoms with Crippen molar-refractivity contribution in [2.24, 2.45) is 0 Å².